The highest BCUT2D eigenvalue weighted by Crippen LogP contribution is 2.21. The standard InChI is InChI=1S/C9H17NO3/c11-9(8-2-1-3-10-8)6-12-4-5-13-7-9/h8,10-11H,1-7H2. The lowest BCUT2D eigenvalue weighted by molar-refractivity contribution is -0.0759. The quantitative estimate of drug-likeness (QED) is 0.582. The summed E-state index contributed by atoms with van der Waals surface area (Å²) in [6, 6.07) is 0.144. The molecule has 13 heavy (non-hydrogen) atoms. The summed E-state index contributed by atoms with van der Waals surface area (Å²) in [5, 5.41) is 13.5. The highest BCUT2D eigenvalue weighted by molar-refractivity contribution is 4.95. The van der Waals surface area contributed by atoms with E-state index in [0.29, 0.717) is 26.4 Å². The molecule has 0 spiro atoms. The maximum Gasteiger partial charge on any atom is 0.126 e. The molecule has 1 atom stereocenters. The van der Waals surface area contributed by atoms with Gasteiger partial charge in [-0.1, -0.05) is 0 Å². The van der Waals surface area contributed by atoms with Crippen LogP contribution < -0.4 is 5.32 Å². The summed E-state index contributed by atoms with van der Waals surface area (Å²) in [6.45, 7) is 2.96. The van der Waals surface area contributed by atoms with Crippen LogP contribution in [0.15, 0.2) is 0 Å². The molecule has 1 unspecified atom stereocenters. The number of hydrogen-bond donors (Lipinski definition) is 2. The molecule has 0 saturated carbocycles. The third-order valence-corrected chi connectivity index (χ3v) is 2.78. The van der Waals surface area contributed by atoms with Gasteiger partial charge in [0.1, 0.15) is 5.60 Å². The first kappa shape index (κ1) is 9.40. The molecule has 0 bridgehead atoms. The molecule has 4 heteroatoms. The molecule has 2 fully saturated rings. The van der Waals surface area contributed by atoms with Crippen LogP contribution in [0.25, 0.3) is 0 Å². The Labute approximate surface area is 78.2 Å². The number of rotatable bonds is 1. The molecular formula is C9H17NO3. The van der Waals surface area contributed by atoms with Crippen molar-refractivity contribution in [3.63, 3.8) is 0 Å². The highest BCUT2D eigenvalue weighted by Gasteiger charge is 2.39. The summed E-state index contributed by atoms with van der Waals surface area (Å²) in [5.74, 6) is 0. The van der Waals surface area contributed by atoms with Crippen LogP contribution in [0.3, 0.4) is 0 Å². The highest BCUT2D eigenvalue weighted by atomic mass is 16.6. The SMILES string of the molecule is OC1(C2CCCN2)COCCOC1. The fourth-order valence-corrected chi connectivity index (χ4v) is 2.00. The zero-order chi connectivity index (χ0) is 9.15. The molecule has 0 amide bonds. The van der Waals surface area contributed by atoms with Crippen molar-refractivity contribution in [2.24, 2.45) is 0 Å². The second-order valence-corrected chi connectivity index (χ2v) is 3.86. The van der Waals surface area contributed by atoms with Crippen LogP contribution in [-0.4, -0.2) is 49.7 Å². The Hall–Kier alpha value is -0.160. The minimum atomic E-state index is -0.812. The molecule has 2 heterocycles. The molecule has 0 aromatic rings. The van der Waals surface area contributed by atoms with Crippen molar-refractivity contribution in [1.29, 1.82) is 0 Å². The molecule has 2 aliphatic heterocycles. The van der Waals surface area contributed by atoms with Crippen LogP contribution in [0.5, 0.6) is 0 Å². The van der Waals surface area contributed by atoms with E-state index in [1.165, 1.54) is 0 Å². The molecule has 0 aliphatic carbocycles. The lowest BCUT2D eigenvalue weighted by Gasteiger charge is -2.31. The zero-order valence-corrected chi connectivity index (χ0v) is 7.79. The van der Waals surface area contributed by atoms with Crippen molar-refractivity contribution in [1.82, 2.24) is 5.32 Å². The Morgan fingerprint density at radius 2 is 1.92 bits per heavy atom. The second-order valence-electron chi connectivity index (χ2n) is 3.86. The normalized spacial score (nSPS) is 34.4. The smallest absolute Gasteiger partial charge is 0.126 e. The van der Waals surface area contributed by atoms with E-state index < -0.39 is 5.60 Å². The molecule has 4 nitrogen and oxygen atoms in total. The van der Waals surface area contributed by atoms with Gasteiger partial charge in [-0.25, -0.2) is 0 Å². The molecule has 0 radical (unpaired) electrons. The van der Waals surface area contributed by atoms with Gasteiger partial charge in [0.2, 0.25) is 0 Å². The maximum atomic E-state index is 10.2. The number of hydrogen-bond acceptors (Lipinski definition) is 4. The number of nitrogens with one attached hydrogen (secondary N) is 1. The third-order valence-electron chi connectivity index (χ3n) is 2.78. The summed E-state index contributed by atoms with van der Waals surface area (Å²) >= 11 is 0. The first-order valence-corrected chi connectivity index (χ1v) is 4.92. The van der Waals surface area contributed by atoms with E-state index in [1.807, 2.05) is 0 Å². The molecule has 76 valence electrons. The van der Waals surface area contributed by atoms with Crippen LogP contribution in [0.4, 0.5) is 0 Å². The minimum Gasteiger partial charge on any atom is -0.383 e. The average molecular weight is 187 g/mol. The monoisotopic (exact) mass is 187 g/mol. The van der Waals surface area contributed by atoms with E-state index in [2.05, 4.69) is 5.32 Å². The minimum absolute atomic E-state index is 0.144. The van der Waals surface area contributed by atoms with Crippen LogP contribution in [0.2, 0.25) is 0 Å². The van der Waals surface area contributed by atoms with Gasteiger partial charge in [0.25, 0.3) is 0 Å². The van der Waals surface area contributed by atoms with Gasteiger partial charge in [-0.15, -0.1) is 0 Å². The first-order chi connectivity index (χ1) is 6.31. The van der Waals surface area contributed by atoms with Crippen LogP contribution in [0.1, 0.15) is 12.8 Å². The first-order valence-electron chi connectivity index (χ1n) is 4.92. The summed E-state index contributed by atoms with van der Waals surface area (Å²) in [4.78, 5) is 0. The molecule has 2 N–H and O–H groups in total. The van der Waals surface area contributed by atoms with Crippen molar-refractivity contribution in [2.45, 2.75) is 24.5 Å². The van der Waals surface area contributed by atoms with E-state index >= 15 is 0 Å². The topological polar surface area (TPSA) is 50.7 Å². The van der Waals surface area contributed by atoms with Gasteiger partial charge in [0, 0.05) is 6.04 Å². The second kappa shape index (κ2) is 3.92. The third kappa shape index (κ3) is 2.02. The zero-order valence-electron chi connectivity index (χ0n) is 7.79. The lowest BCUT2D eigenvalue weighted by Crippen LogP contribution is -2.53. The molecular weight excluding hydrogens is 170 g/mol. The van der Waals surface area contributed by atoms with Crippen LogP contribution in [-0.2, 0) is 9.47 Å². The van der Waals surface area contributed by atoms with Gasteiger partial charge >= 0.3 is 0 Å². The van der Waals surface area contributed by atoms with Crippen LogP contribution in [0, 0.1) is 0 Å². The van der Waals surface area contributed by atoms with E-state index in [0.717, 1.165) is 19.4 Å². The summed E-state index contributed by atoms with van der Waals surface area (Å²) < 4.78 is 10.6. The molecule has 2 saturated heterocycles. The maximum absolute atomic E-state index is 10.2. The number of ether oxygens (including phenoxy) is 2. The summed E-state index contributed by atoms with van der Waals surface area (Å²) in [7, 11) is 0. The van der Waals surface area contributed by atoms with Gasteiger partial charge in [-0.2, -0.15) is 0 Å². The van der Waals surface area contributed by atoms with E-state index in [4.69, 9.17) is 9.47 Å². The molecule has 2 rings (SSSR count). The Morgan fingerprint density at radius 1 is 1.23 bits per heavy atom. The van der Waals surface area contributed by atoms with Crippen molar-refractivity contribution in [3.8, 4) is 0 Å². The van der Waals surface area contributed by atoms with Gasteiger partial charge in [-0.05, 0) is 19.4 Å². The van der Waals surface area contributed by atoms with Crippen molar-refractivity contribution >= 4 is 0 Å². The Balaban J connectivity index is 1.98. The lowest BCUT2D eigenvalue weighted by atomic mass is 9.95. The predicted octanol–water partition coefficient (Wildman–Crippen LogP) is -0.484. The summed E-state index contributed by atoms with van der Waals surface area (Å²) in [6.07, 6.45) is 2.15. The number of aliphatic hydroxyl groups is 1. The van der Waals surface area contributed by atoms with E-state index in [1.54, 1.807) is 0 Å². The Kier molecular flexibility index (Phi) is 2.83. The molecule has 2 aliphatic rings. The largest absolute Gasteiger partial charge is 0.383 e. The van der Waals surface area contributed by atoms with Crippen LogP contribution >= 0.6 is 0 Å². The van der Waals surface area contributed by atoms with Gasteiger partial charge < -0.3 is 19.9 Å². The van der Waals surface area contributed by atoms with Gasteiger partial charge in [-0.3, -0.25) is 0 Å². The van der Waals surface area contributed by atoms with Gasteiger partial charge in [0.15, 0.2) is 0 Å². The predicted molar refractivity (Wildman–Crippen MR) is 47.6 cm³/mol. The van der Waals surface area contributed by atoms with Crippen molar-refractivity contribution < 1.29 is 14.6 Å². The van der Waals surface area contributed by atoms with Crippen molar-refractivity contribution in [2.75, 3.05) is 33.0 Å². The molecule has 0 aromatic carbocycles. The van der Waals surface area contributed by atoms with Crippen molar-refractivity contribution in [3.05, 3.63) is 0 Å². The fraction of sp³-hybridized carbons (Fsp3) is 1.00. The fourth-order valence-electron chi connectivity index (χ4n) is 2.00. The Morgan fingerprint density at radius 3 is 2.46 bits per heavy atom. The Bertz CT molecular complexity index is 160. The average Bonchev–Trinajstić information content (AvgIpc) is 2.57. The summed E-state index contributed by atoms with van der Waals surface area (Å²) in [5.41, 5.74) is -0.812. The van der Waals surface area contributed by atoms with E-state index in [-0.39, 0.29) is 6.04 Å². The van der Waals surface area contributed by atoms with E-state index in [9.17, 15) is 5.11 Å². The molecule has 0 aromatic heterocycles. The van der Waals surface area contributed by atoms with Gasteiger partial charge in [0.05, 0.1) is 26.4 Å².